The number of carboxylic acids is 1. The van der Waals surface area contributed by atoms with Gasteiger partial charge in [0.1, 0.15) is 12.6 Å². The number of hydrogen-bond donors (Lipinski definition) is 3. The molecule has 2 aromatic carbocycles. The van der Waals surface area contributed by atoms with Crippen molar-refractivity contribution in [1.29, 1.82) is 0 Å². The Morgan fingerprint density at radius 2 is 1.68 bits per heavy atom. The van der Waals surface area contributed by atoms with Gasteiger partial charge < -0.3 is 25.2 Å². The Morgan fingerprint density at radius 3 is 2.18 bits per heavy atom. The van der Waals surface area contributed by atoms with E-state index < -0.39 is 35.0 Å². The first-order valence-electron chi connectivity index (χ1n) is 11.4. The summed E-state index contributed by atoms with van der Waals surface area (Å²) in [5.41, 5.74) is 2.24. The van der Waals surface area contributed by atoms with Crippen molar-refractivity contribution in [1.82, 2.24) is 10.6 Å². The Balaban J connectivity index is 1.45. The lowest BCUT2D eigenvalue weighted by Crippen LogP contribution is -2.62. The number of aliphatic carboxylic acids is 1. The van der Waals surface area contributed by atoms with Gasteiger partial charge in [-0.15, -0.1) is 0 Å². The largest absolute Gasteiger partial charge is 0.479 e. The first-order valence-corrected chi connectivity index (χ1v) is 11.4. The number of fused-ring (bicyclic) bond motifs is 3. The average Bonchev–Trinajstić information content (AvgIpc) is 3.39. The summed E-state index contributed by atoms with van der Waals surface area (Å²) >= 11 is 0. The molecule has 2 amide bonds. The highest BCUT2D eigenvalue weighted by molar-refractivity contribution is 5.92. The van der Waals surface area contributed by atoms with Crippen LogP contribution in [-0.2, 0) is 19.1 Å². The molecular weight excluding hydrogens is 436 g/mol. The van der Waals surface area contributed by atoms with Gasteiger partial charge in [-0.05, 0) is 27.7 Å². The van der Waals surface area contributed by atoms with Crippen molar-refractivity contribution in [3.63, 3.8) is 0 Å². The van der Waals surface area contributed by atoms with Gasteiger partial charge in [-0.2, -0.15) is 0 Å². The van der Waals surface area contributed by atoms with E-state index in [9.17, 15) is 19.5 Å². The van der Waals surface area contributed by atoms with Crippen molar-refractivity contribution in [3.05, 3.63) is 59.7 Å². The molecule has 4 rings (SSSR count). The SMILES string of the molecule is CC(C)(C)[C@@H](NC(=O)OCC1c2ccccc2-c2ccccc21)C(=O)NC1(C(=O)O)CCOC1. The van der Waals surface area contributed by atoms with Crippen LogP contribution in [0.15, 0.2) is 48.5 Å². The highest BCUT2D eigenvalue weighted by Gasteiger charge is 2.46. The summed E-state index contributed by atoms with van der Waals surface area (Å²) in [5.74, 6) is -1.85. The lowest BCUT2D eigenvalue weighted by atomic mass is 9.85. The Kier molecular flexibility index (Phi) is 6.36. The van der Waals surface area contributed by atoms with Crippen molar-refractivity contribution in [3.8, 4) is 11.1 Å². The van der Waals surface area contributed by atoms with Gasteiger partial charge in [-0.3, -0.25) is 4.79 Å². The van der Waals surface area contributed by atoms with E-state index in [1.165, 1.54) is 0 Å². The molecule has 0 radical (unpaired) electrons. The van der Waals surface area contributed by atoms with Crippen LogP contribution in [-0.4, -0.2) is 54.5 Å². The molecule has 0 aromatic heterocycles. The minimum Gasteiger partial charge on any atom is -0.479 e. The summed E-state index contributed by atoms with van der Waals surface area (Å²) in [4.78, 5) is 37.7. The van der Waals surface area contributed by atoms with Crippen molar-refractivity contribution >= 4 is 18.0 Å². The van der Waals surface area contributed by atoms with E-state index in [1.54, 1.807) is 20.8 Å². The normalized spacial score (nSPS) is 20.2. The van der Waals surface area contributed by atoms with E-state index in [0.29, 0.717) is 0 Å². The maximum Gasteiger partial charge on any atom is 0.407 e. The van der Waals surface area contributed by atoms with Crippen LogP contribution in [0.4, 0.5) is 4.79 Å². The van der Waals surface area contributed by atoms with E-state index in [1.807, 2.05) is 36.4 Å². The molecule has 34 heavy (non-hydrogen) atoms. The Morgan fingerprint density at radius 1 is 1.09 bits per heavy atom. The van der Waals surface area contributed by atoms with E-state index in [2.05, 4.69) is 22.8 Å². The summed E-state index contributed by atoms with van der Waals surface area (Å²) < 4.78 is 10.8. The molecule has 8 heteroatoms. The average molecular weight is 467 g/mol. The van der Waals surface area contributed by atoms with Crippen molar-refractivity contribution in [2.45, 2.75) is 44.7 Å². The van der Waals surface area contributed by atoms with Crippen LogP contribution in [0.2, 0.25) is 0 Å². The highest BCUT2D eigenvalue weighted by Crippen LogP contribution is 2.44. The fourth-order valence-corrected chi connectivity index (χ4v) is 4.63. The minimum absolute atomic E-state index is 0.106. The van der Waals surface area contributed by atoms with Gasteiger partial charge in [-0.1, -0.05) is 69.3 Å². The van der Waals surface area contributed by atoms with Crippen LogP contribution in [0.3, 0.4) is 0 Å². The van der Waals surface area contributed by atoms with Crippen molar-refractivity contribution in [2.24, 2.45) is 5.41 Å². The summed E-state index contributed by atoms with van der Waals surface area (Å²) in [7, 11) is 0. The number of nitrogens with one attached hydrogen (secondary N) is 2. The summed E-state index contributed by atoms with van der Waals surface area (Å²) in [6.07, 6.45) is -0.570. The number of carboxylic acid groups (broad SMARTS) is 1. The van der Waals surface area contributed by atoms with Gasteiger partial charge in [0, 0.05) is 18.9 Å². The van der Waals surface area contributed by atoms with Crippen LogP contribution in [0.25, 0.3) is 11.1 Å². The van der Waals surface area contributed by atoms with Gasteiger partial charge in [-0.25, -0.2) is 9.59 Å². The number of hydrogen-bond acceptors (Lipinski definition) is 5. The fraction of sp³-hybridized carbons (Fsp3) is 0.423. The van der Waals surface area contributed by atoms with Crippen LogP contribution in [0, 0.1) is 5.41 Å². The smallest absolute Gasteiger partial charge is 0.407 e. The first kappa shape index (κ1) is 23.8. The predicted octanol–water partition coefficient (Wildman–Crippen LogP) is 3.30. The van der Waals surface area contributed by atoms with Crippen LogP contribution in [0.1, 0.15) is 44.2 Å². The number of amides is 2. The second kappa shape index (κ2) is 9.10. The molecule has 2 aromatic rings. The molecule has 180 valence electrons. The Bertz CT molecular complexity index is 1050. The van der Waals surface area contributed by atoms with E-state index >= 15 is 0 Å². The number of rotatable bonds is 6. The molecule has 1 aliphatic heterocycles. The zero-order valence-corrected chi connectivity index (χ0v) is 19.6. The van der Waals surface area contributed by atoms with Gasteiger partial charge in [0.15, 0.2) is 5.54 Å². The molecular formula is C26H30N2O6. The molecule has 0 spiro atoms. The maximum absolute atomic E-state index is 13.1. The van der Waals surface area contributed by atoms with Gasteiger partial charge in [0.25, 0.3) is 0 Å². The zero-order chi connectivity index (χ0) is 24.5. The molecule has 2 atom stereocenters. The van der Waals surface area contributed by atoms with Crippen LogP contribution >= 0.6 is 0 Å². The second-order valence-corrected chi connectivity index (χ2v) is 9.95. The fourth-order valence-electron chi connectivity index (χ4n) is 4.63. The molecule has 0 saturated carbocycles. The molecule has 3 N–H and O–H groups in total. The summed E-state index contributed by atoms with van der Waals surface area (Å²) in [5, 5.41) is 14.9. The Hall–Kier alpha value is -3.39. The number of alkyl carbamates (subject to hydrolysis) is 1. The standard InChI is InChI=1S/C26H30N2O6/c1-25(2,3)21(22(29)28-26(23(30)31)12-13-33-15-26)27-24(32)34-14-20-18-10-6-4-8-16(18)17-9-5-7-11-19(17)20/h4-11,20-21H,12-15H2,1-3H3,(H,27,32)(H,28,29)(H,30,31)/t21-,26?/m0/s1. The van der Waals surface area contributed by atoms with Crippen LogP contribution in [0.5, 0.6) is 0 Å². The molecule has 8 nitrogen and oxygen atoms in total. The van der Waals surface area contributed by atoms with Gasteiger partial charge in [0.2, 0.25) is 5.91 Å². The second-order valence-electron chi connectivity index (χ2n) is 9.95. The molecule has 1 unspecified atom stereocenters. The Labute approximate surface area is 198 Å². The lowest BCUT2D eigenvalue weighted by Gasteiger charge is -2.33. The number of carbonyl (C=O) groups is 3. The zero-order valence-electron chi connectivity index (χ0n) is 19.6. The third-order valence-electron chi connectivity index (χ3n) is 6.53. The molecule has 2 aliphatic rings. The van der Waals surface area contributed by atoms with Crippen LogP contribution < -0.4 is 10.6 Å². The maximum atomic E-state index is 13.1. The monoisotopic (exact) mass is 466 g/mol. The first-order chi connectivity index (χ1) is 16.1. The van der Waals surface area contributed by atoms with E-state index in [-0.39, 0.29) is 32.2 Å². The topological polar surface area (TPSA) is 114 Å². The number of ether oxygens (including phenoxy) is 2. The minimum atomic E-state index is -1.50. The van der Waals surface area contributed by atoms with E-state index in [0.717, 1.165) is 22.3 Å². The molecule has 1 heterocycles. The predicted molar refractivity (Wildman–Crippen MR) is 125 cm³/mol. The number of carbonyl (C=O) groups excluding carboxylic acids is 2. The van der Waals surface area contributed by atoms with Crippen molar-refractivity contribution < 1.29 is 29.0 Å². The number of benzene rings is 2. The summed E-state index contributed by atoms with van der Waals surface area (Å²) in [6.45, 7) is 5.62. The summed E-state index contributed by atoms with van der Waals surface area (Å²) in [6, 6.07) is 15.1. The molecule has 1 aliphatic carbocycles. The van der Waals surface area contributed by atoms with Gasteiger partial charge >= 0.3 is 12.1 Å². The third kappa shape index (κ3) is 4.50. The molecule has 1 fully saturated rings. The molecule has 1 saturated heterocycles. The molecule has 0 bridgehead atoms. The van der Waals surface area contributed by atoms with Gasteiger partial charge in [0.05, 0.1) is 6.61 Å². The quantitative estimate of drug-likeness (QED) is 0.602. The van der Waals surface area contributed by atoms with E-state index in [4.69, 9.17) is 9.47 Å². The lowest BCUT2D eigenvalue weighted by molar-refractivity contribution is -0.148. The highest BCUT2D eigenvalue weighted by atomic mass is 16.5. The third-order valence-corrected chi connectivity index (χ3v) is 6.53. The van der Waals surface area contributed by atoms with Crippen molar-refractivity contribution in [2.75, 3.05) is 19.8 Å².